The van der Waals surface area contributed by atoms with Crippen LogP contribution in [0.1, 0.15) is 21.7 Å². The fraction of sp³-hybridized carbons (Fsp3) is 0.105. The van der Waals surface area contributed by atoms with Crippen molar-refractivity contribution >= 4 is 23.2 Å². The number of aryl methyl sites for hydroxylation is 2. The quantitative estimate of drug-likeness (QED) is 0.730. The van der Waals surface area contributed by atoms with Crippen molar-refractivity contribution in [3.05, 3.63) is 77.1 Å². The van der Waals surface area contributed by atoms with E-state index in [1.54, 1.807) is 6.92 Å². The maximum atomic E-state index is 13.3. The molecule has 7 heteroatoms. The van der Waals surface area contributed by atoms with Gasteiger partial charge in [0.25, 0.3) is 5.91 Å². The average Bonchev–Trinajstić information content (AvgIpc) is 2.57. The number of aromatic nitrogens is 2. The number of nitrogens with one attached hydrogen (secondary N) is 2. The average molecular weight is 354 g/mol. The highest BCUT2D eigenvalue weighted by Gasteiger charge is 2.12. The number of amides is 1. The van der Waals surface area contributed by atoms with Crippen molar-refractivity contribution in [1.29, 1.82) is 0 Å². The second-order valence-corrected chi connectivity index (χ2v) is 5.80. The zero-order chi connectivity index (χ0) is 18.7. The lowest BCUT2D eigenvalue weighted by molar-refractivity contribution is 0.102. The summed E-state index contributed by atoms with van der Waals surface area (Å²) in [5, 5.41) is 5.54. The van der Waals surface area contributed by atoms with E-state index in [9.17, 15) is 13.6 Å². The number of halogens is 2. The Labute approximate surface area is 149 Å². The van der Waals surface area contributed by atoms with E-state index in [0.717, 1.165) is 23.4 Å². The van der Waals surface area contributed by atoms with Crippen LogP contribution in [-0.4, -0.2) is 15.9 Å². The summed E-state index contributed by atoms with van der Waals surface area (Å²) in [7, 11) is 0. The lowest BCUT2D eigenvalue weighted by Gasteiger charge is -2.09. The van der Waals surface area contributed by atoms with Gasteiger partial charge >= 0.3 is 0 Å². The molecule has 0 aliphatic carbocycles. The zero-order valence-electron chi connectivity index (χ0n) is 14.2. The van der Waals surface area contributed by atoms with Gasteiger partial charge in [-0.3, -0.25) is 4.79 Å². The molecule has 0 aliphatic rings. The lowest BCUT2D eigenvalue weighted by Crippen LogP contribution is -2.15. The Hall–Kier alpha value is -3.35. The van der Waals surface area contributed by atoms with Crippen molar-refractivity contribution in [1.82, 2.24) is 9.97 Å². The van der Waals surface area contributed by atoms with Crippen molar-refractivity contribution < 1.29 is 13.6 Å². The highest BCUT2D eigenvalue weighted by atomic mass is 19.2. The van der Waals surface area contributed by atoms with Gasteiger partial charge in [-0.1, -0.05) is 12.1 Å². The maximum absolute atomic E-state index is 13.3. The molecule has 0 bridgehead atoms. The number of carbonyl (C=O) groups is 1. The lowest BCUT2D eigenvalue weighted by atomic mass is 10.2. The van der Waals surface area contributed by atoms with Crippen LogP contribution in [0.3, 0.4) is 0 Å². The van der Waals surface area contributed by atoms with Crippen LogP contribution in [0.2, 0.25) is 0 Å². The molecule has 0 unspecified atom stereocenters. The van der Waals surface area contributed by atoms with Crippen LogP contribution >= 0.6 is 0 Å². The van der Waals surface area contributed by atoms with Gasteiger partial charge < -0.3 is 10.6 Å². The van der Waals surface area contributed by atoms with E-state index in [2.05, 4.69) is 20.6 Å². The molecule has 3 aromatic rings. The first-order valence-electron chi connectivity index (χ1n) is 7.86. The van der Waals surface area contributed by atoms with E-state index in [1.807, 2.05) is 31.2 Å². The summed E-state index contributed by atoms with van der Waals surface area (Å²) < 4.78 is 26.3. The van der Waals surface area contributed by atoms with Gasteiger partial charge in [-0.2, -0.15) is 0 Å². The van der Waals surface area contributed by atoms with Crippen LogP contribution in [0, 0.1) is 25.5 Å². The summed E-state index contributed by atoms with van der Waals surface area (Å²) in [5.74, 6) is -2.30. The molecule has 0 aliphatic heterocycles. The first-order chi connectivity index (χ1) is 12.4. The molecule has 26 heavy (non-hydrogen) atoms. The second kappa shape index (κ2) is 7.26. The molecule has 1 amide bonds. The van der Waals surface area contributed by atoms with E-state index in [0.29, 0.717) is 5.69 Å². The van der Waals surface area contributed by atoms with Crippen LogP contribution < -0.4 is 10.6 Å². The largest absolute Gasteiger partial charge is 0.324 e. The summed E-state index contributed by atoms with van der Waals surface area (Å²) in [6.45, 7) is 3.69. The van der Waals surface area contributed by atoms with Gasteiger partial charge in [0.05, 0.1) is 0 Å². The van der Waals surface area contributed by atoms with E-state index >= 15 is 0 Å². The standard InChI is InChI=1S/C19H16F2N4O/c1-11-4-3-5-13(8-11)24-19-22-12(2)9-17(25-19)18(26)23-14-6-7-15(20)16(21)10-14/h3-10H,1-2H3,(H,23,26)(H,22,24,25). The molecule has 0 spiro atoms. The summed E-state index contributed by atoms with van der Waals surface area (Å²) in [4.78, 5) is 20.8. The van der Waals surface area contributed by atoms with Crippen molar-refractivity contribution in [2.45, 2.75) is 13.8 Å². The van der Waals surface area contributed by atoms with Crippen molar-refractivity contribution in [2.75, 3.05) is 10.6 Å². The number of anilines is 3. The van der Waals surface area contributed by atoms with E-state index in [-0.39, 0.29) is 17.3 Å². The van der Waals surface area contributed by atoms with Crippen LogP contribution in [0.5, 0.6) is 0 Å². The van der Waals surface area contributed by atoms with Crippen LogP contribution in [-0.2, 0) is 0 Å². The van der Waals surface area contributed by atoms with Crippen LogP contribution in [0.4, 0.5) is 26.1 Å². The van der Waals surface area contributed by atoms with Gasteiger partial charge in [0.2, 0.25) is 5.95 Å². The predicted octanol–water partition coefficient (Wildman–Crippen LogP) is 4.37. The fourth-order valence-electron chi connectivity index (χ4n) is 2.36. The smallest absolute Gasteiger partial charge is 0.274 e. The predicted molar refractivity (Wildman–Crippen MR) is 95.5 cm³/mol. The number of hydrogen-bond acceptors (Lipinski definition) is 4. The Bertz CT molecular complexity index is 976. The molecule has 1 heterocycles. The summed E-state index contributed by atoms with van der Waals surface area (Å²) >= 11 is 0. The van der Waals surface area contributed by atoms with Crippen molar-refractivity contribution in [2.24, 2.45) is 0 Å². The van der Waals surface area contributed by atoms with Gasteiger partial charge in [-0.15, -0.1) is 0 Å². The third-order valence-electron chi connectivity index (χ3n) is 3.54. The molecular formula is C19H16F2N4O. The minimum atomic E-state index is -1.04. The molecule has 0 saturated carbocycles. The number of nitrogens with zero attached hydrogens (tertiary/aromatic N) is 2. The van der Waals surface area contributed by atoms with Gasteiger partial charge in [-0.25, -0.2) is 18.7 Å². The molecule has 1 aromatic heterocycles. The fourth-order valence-corrected chi connectivity index (χ4v) is 2.36. The number of rotatable bonds is 4. The molecule has 0 radical (unpaired) electrons. The molecule has 0 saturated heterocycles. The van der Waals surface area contributed by atoms with Crippen molar-refractivity contribution in [3.8, 4) is 0 Å². The molecule has 5 nitrogen and oxygen atoms in total. The van der Waals surface area contributed by atoms with Gasteiger partial charge in [0, 0.05) is 23.1 Å². The molecule has 132 valence electrons. The van der Waals surface area contributed by atoms with Crippen LogP contribution in [0.15, 0.2) is 48.5 Å². The van der Waals surface area contributed by atoms with E-state index < -0.39 is 17.5 Å². The zero-order valence-corrected chi connectivity index (χ0v) is 14.2. The van der Waals surface area contributed by atoms with E-state index in [4.69, 9.17) is 0 Å². The molecule has 2 aromatic carbocycles. The first kappa shape index (κ1) is 17.5. The normalized spacial score (nSPS) is 10.5. The summed E-state index contributed by atoms with van der Waals surface area (Å²) in [6, 6.07) is 12.3. The Morgan fingerprint density at radius 3 is 2.46 bits per heavy atom. The molecule has 2 N–H and O–H groups in total. The summed E-state index contributed by atoms with van der Waals surface area (Å²) in [5.41, 5.74) is 2.70. The molecule has 0 atom stereocenters. The molecule has 0 fully saturated rings. The minimum absolute atomic E-state index is 0.109. The number of benzene rings is 2. The monoisotopic (exact) mass is 354 g/mol. The van der Waals surface area contributed by atoms with Crippen molar-refractivity contribution in [3.63, 3.8) is 0 Å². The van der Waals surface area contributed by atoms with Crippen LogP contribution in [0.25, 0.3) is 0 Å². The Morgan fingerprint density at radius 1 is 0.923 bits per heavy atom. The number of carbonyl (C=O) groups excluding carboxylic acids is 1. The highest BCUT2D eigenvalue weighted by molar-refractivity contribution is 6.03. The Kier molecular flexibility index (Phi) is 4.88. The van der Waals surface area contributed by atoms with E-state index in [1.165, 1.54) is 12.1 Å². The number of hydrogen-bond donors (Lipinski definition) is 2. The SMILES string of the molecule is Cc1cccc(Nc2nc(C)cc(C(=O)Nc3ccc(F)c(F)c3)n2)c1. The second-order valence-electron chi connectivity index (χ2n) is 5.80. The molecule has 3 rings (SSSR count). The van der Waals surface area contributed by atoms with Gasteiger partial charge in [-0.05, 0) is 49.7 Å². The topological polar surface area (TPSA) is 66.9 Å². The Balaban J connectivity index is 1.82. The molecular weight excluding hydrogens is 338 g/mol. The minimum Gasteiger partial charge on any atom is -0.324 e. The summed E-state index contributed by atoms with van der Waals surface area (Å²) in [6.07, 6.45) is 0. The third-order valence-corrected chi connectivity index (χ3v) is 3.54. The van der Waals surface area contributed by atoms with Gasteiger partial charge in [0.15, 0.2) is 11.6 Å². The first-order valence-corrected chi connectivity index (χ1v) is 7.86. The third kappa shape index (κ3) is 4.18. The van der Waals surface area contributed by atoms with Gasteiger partial charge in [0.1, 0.15) is 5.69 Å². The Morgan fingerprint density at radius 2 is 1.73 bits per heavy atom. The maximum Gasteiger partial charge on any atom is 0.274 e. The highest BCUT2D eigenvalue weighted by Crippen LogP contribution is 2.17.